The largest absolute Gasteiger partial charge is 0.478 e. The Hall–Kier alpha value is -1.05. The third-order valence-electron chi connectivity index (χ3n) is 2.17. The number of nitrogens with zero attached hydrogens (tertiary/aromatic N) is 1. The Morgan fingerprint density at radius 2 is 2.24 bits per heavy atom. The van der Waals surface area contributed by atoms with Gasteiger partial charge in [-0.25, -0.2) is 0 Å². The lowest BCUT2D eigenvalue weighted by molar-refractivity contribution is 0.365. The van der Waals surface area contributed by atoms with Crippen molar-refractivity contribution >= 4 is 15.9 Å². The van der Waals surface area contributed by atoms with Crippen molar-refractivity contribution < 1.29 is 4.74 Å². The highest BCUT2D eigenvalue weighted by Crippen LogP contribution is 2.25. The van der Waals surface area contributed by atoms with E-state index in [1.54, 1.807) is 0 Å². The molecule has 0 bridgehead atoms. The number of nitriles is 1. The van der Waals surface area contributed by atoms with Gasteiger partial charge in [-0.2, -0.15) is 5.26 Å². The molecule has 0 aliphatic carbocycles. The summed E-state index contributed by atoms with van der Waals surface area (Å²) in [5.41, 5.74) is 1.20. The second kappa shape index (κ2) is 7.31. The standard InChI is InChI=1S/C13H17BrN2O/c1-10(2)8-16-9-11-3-4-13(12(14)7-11)17-6-5-15/h3-4,7,10,16H,6,8-9H2,1-2H3. The average molecular weight is 297 g/mol. The number of benzene rings is 1. The van der Waals surface area contributed by atoms with Crippen molar-refractivity contribution in [3.8, 4) is 11.8 Å². The first-order chi connectivity index (χ1) is 8.13. The second-order valence-electron chi connectivity index (χ2n) is 4.24. The Morgan fingerprint density at radius 1 is 1.47 bits per heavy atom. The van der Waals surface area contributed by atoms with Crippen molar-refractivity contribution in [1.29, 1.82) is 5.26 Å². The summed E-state index contributed by atoms with van der Waals surface area (Å²) in [7, 11) is 0. The molecule has 1 rings (SSSR count). The van der Waals surface area contributed by atoms with Crippen molar-refractivity contribution in [2.75, 3.05) is 13.2 Å². The molecule has 0 saturated carbocycles. The second-order valence-corrected chi connectivity index (χ2v) is 5.09. The zero-order valence-corrected chi connectivity index (χ0v) is 11.8. The molecule has 0 atom stereocenters. The zero-order valence-electron chi connectivity index (χ0n) is 10.2. The summed E-state index contributed by atoms with van der Waals surface area (Å²) >= 11 is 3.44. The molecule has 0 aliphatic rings. The van der Waals surface area contributed by atoms with Crippen molar-refractivity contribution in [3.63, 3.8) is 0 Å². The number of hydrogen-bond acceptors (Lipinski definition) is 3. The fourth-order valence-electron chi connectivity index (χ4n) is 1.39. The minimum absolute atomic E-state index is 0.0730. The van der Waals surface area contributed by atoms with Gasteiger partial charge in [0.25, 0.3) is 0 Å². The minimum Gasteiger partial charge on any atom is -0.478 e. The molecule has 1 N–H and O–H groups in total. The van der Waals surface area contributed by atoms with Crippen LogP contribution in [0.1, 0.15) is 19.4 Å². The highest BCUT2D eigenvalue weighted by molar-refractivity contribution is 9.10. The Morgan fingerprint density at radius 3 is 2.82 bits per heavy atom. The van der Waals surface area contributed by atoms with Gasteiger partial charge in [0.15, 0.2) is 6.61 Å². The molecule has 0 fully saturated rings. The highest BCUT2D eigenvalue weighted by Gasteiger charge is 2.02. The average Bonchev–Trinajstić information content (AvgIpc) is 2.27. The maximum atomic E-state index is 8.44. The number of ether oxygens (including phenoxy) is 1. The minimum atomic E-state index is 0.0730. The quantitative estimate of drug-likeness (QED) is 0.877. The fourth-order valence-corrected chi connectivity index (χ4v) is 1.93. The number of rotatable bonds is 6. The fraction of sp³-hybridized carbons (Fsp3) is 0.462. The van der Waals surface area contributed by atoms with Crippen LogP contribution in [-0.2, 0) is 6.54 Å². The van der Waals surface area contributed by atoms with Gasteiger partial charge in [0.1, 0.15) is 11.8 Å². The summed E-state index contributed by atoms with van der Waals surface area (Å²) < 4.78 is 6.14. The van der Waals surface area contributed by atoms with Gasteiger partial charge in [0, 0.05) is 6.54 Å². The van der Waals surface area contributed by atoms with Gasteiger partial charge in [0.05, 0.1) is 4.47 Å². The van der Waals surface area contributed by atoms with Crippen LogP contribution in [0.3, 0.4) is 0 Å². The lowest BCUT2D eigenvalue weighted by atomic mass is 10.2. The zero-order chi connectivity index (χ0) is 12.7. The summed E-state index contributed by atoms with van der Waals surface area (Å²) in [6.07, 6.45) is 0. The van der Waals surface area contributed by atoms with Crippen LogP contribution in [0.5, 0.6) is 5.75 Å². The van der Waals surface area contributed by atoms with Crippen molar-refractivity contribution in [2.45, 2.75) is 20.4 Å². The summed E-state index contributed by atoms with van der Waals surface area (Å²) in [5, 5.41) is 11.8. The van der Waals surface area contributed by atoms with Crippen LogP contribution in [0.25, 0.3) is 0 Å². The third kappa shape index (κ3) is 5.20. The summed E-state index contributed by atoms with van der Waals surface area (Å²) in [6.45, 7) is 6.28. The molecule has 0 aliphatic heterocycles. The van der Waals surface area contributed by atoms with E-state index >= 15 is 0 Å². The van der Waals surface area contributed by atoms with E-state index in [9.17, 15) is 0 Å². The molecule has 92 valence electrons. The lowest BCUT2D eigenvalue weighted by Crippen LogP contribution is -2.18. The highest BCUT2D eigenvalue weighted by atomic mass is 79.9. The Balaban J connectivity index is 2.53. The van der Waals surface area contributed by atoms with Gasteiger partial charge in [-0.1, -0.05) is 19.9 Å². The summed E-state index contributed by atoms with van der Waals surface area (Å²) in [5.74, 6) is 1.36. The molecule has 1 aromatic carbocycles. The maximum absolute atomic E-state index is 8.44. The predicted molar refractivity (Wildman–Crippen MR) is 71.8 cm³/mol. The molecular formula is C13H17BrN2O. The first kappa shape index (κ1) is 14.0. The van der Waals surface area contributed by atoms with Gasteiger partial charge in [-0.3, -0.25) is 0 Å². The summed E-state index contributed by atoms with van der Waals surface area (Å²) in [4.78, 5) is 0. The molecule has 0 aromatic heterocycles. The molecule has 1 aromatic rings. The van der Waals surface area contributed by atoms with Crippen LogP contribution >= 0.6 is 15.9 Å². The van der Waals surface area contributed by atoms with Crippen molar-refractivity contribution in [3.05, 3.63) is 28.2 Å². The van der Waals surface area contributed by atoms with Gasteiger partial charge in [0.2, 0.25) is 0 Å². The van der Waals surface area contributed by atoms with E-state index in [1.165, 1.54) is 5.56 Å². The number of halogens is 1. The van der Waals surface area contributed by atoms with Crippen LogP contribution in [-0.4, -0.2) is 13.2 Å². The molecule has 0 amide bonds. The molecule has 0 spiro atoms. The third-order valence-corrected chi connectivity index (χ3v) is 2.79. The van der Waals surface area contributed by atoms with Crippen LogP contribution in [0, 0.1) is 17.2 Å². The van der Waals surface area contributed by atoms with E-state index in [1.807, 2.05) is 24.3 Å². The molecule has 17 heavy (non-hydrogen) atoms. The maximum Gasteiger partial charge on any atom is 0.174 e. The Bertz CT molecular complexity index is 399. The van der Waals surface area contributed by atoms with Gasteiger partial charge in [-0.05, 0) is 46.1 Å². The Kier molecular flexibility index (Phi) is 6.03. The van der Waals surface area contributed by atoms with Crippen LogP contribution < -0.4 is 10.1 Å². The van der Waals surface area contributed by atoms with Crippen molar-refractivity contribution in [1.82, 2.24) is 5.32 Å². The number of nitrogens with one attached hydrogen (secondary N) is 1. The molecule has 0 radical (unpaired) electrons. The predicted octanol–water partition coefficient (Wildman–Crippen LogP) is 3.10. The molecule has 4 heteroatoms. The first-order valence-corrected chi connectivity index (χ1v) is 6.41. The van der Waals surface area contributed by atoms with E-state index in [-0.39, 0.29) is 6.61 Å². The molecule has 0 unspecified atom stereocenters. The van der Waals surface area contributed by atoms with Gasteiger partial charge < -0.3 is 10.1 Å². The topological polar surface area (TPSA) is 45.0 Å². The van der Waals surface area contributed by atoms with Gasteiger partial charge >= 0.3 is 0 Å². The Labute approximate surface area is 111 Å². The molecule has 0 heterocycles. The molecular weight excluding hydrogens is 280 g/mol. The van der Waals surface area contributed by atoms with E-state index in [0.29, 0.717) is 11.7 Å². The lowest BCUT2D eigenvalue weighted by Gasteiger charge is -2.09. The summed E-state index contributed by atoms with van der Waals surface area (Å²) in [6, 6.07) is 7.85. The molecule has 0 saturated heterocycles. The normalized spacial score (nSPS) is 10.3. The SMILES string of the molecule is CC(C)CNCc1ccc(OCC#N)c(Br)c1. The van der Waals surface area contributed by atoms with Gasteiger partial charge in [-0.15, -0.1) is 0 Å². The van der Waals surface area contributed by atoms with E-state index in [4.69, 9.17) is 10.00 Å². The van der Waals surface area contributed by atoms with Crippen molar-refractivity contribution in [2.24, 2.45) is 5.92 Å². The van der Waals surface area contributed by atoms with Crippen LogP contribution in [0.2, 0.25) is 0 Å². The monoisotopic (exact) mass is 296 g/mol. The van der Waals surface area contributed by atoms with Crippen LogP contribution in [0.15, 0.2) is 22.7 Å². The number of hydrogen-bond donors (Lipinski definition) is 1. The van der Waals surface area contributed by atoms with E-state index in [0.717, 1.165) is 17.6 Å². The molecule has 3 nitrogen and oxygen atoms in total. The van der Waals surface area contributed by atoms with Crippen LogP contribution in [0.4, 0.5) is 0 Å². The van der Waals surface area contributed by atoms with E-state index < -0.39 is 0 Å². The van der Waals surface area contributed by atoms with E-state index in [2.05, 4.69) is 35.1 Å². The smallest absolute Gasteiger partial charge is 0.174 e. The first-order valence-electron chi connectivity index (χ1n) is 5.62.